The molecule has 124 valence electrons. The third-order valence-electron chi connectivity index (χ3n) is 3.32. The lowest BCUT2D eigenvalue weighted by molar-refractivity contribution is -0.116. The zero-order valence-corrected chi connectivity index (χ0v) is 13.4. The molecule has 0 aliphatic rings. The standard InChI is InChI=1S/C16H15ClFN5O/c17-13-7-19-22(10-13)5-4-16(24)21-15-8-20-23(11-15)9-12-2-1-3-14(18)6-12/h1-3,6-8,10-11H,4-5,9H2,(H,21,24). The summed E-state index contributed by atoms with van der Waals surface area (Å²) in [5.74, 6) is -0.432. The van der Waals surface area contributed by atoms with Gasteiger partial charge in [0.1, 0.15) is 5.82 Å². The lowest BCUT2D eigenvalue weighted by Crippen LogP contribution is -2.14. The number of amides is 1. The number of hydrogen-bond acceptors (Lipinski definition) is 3. The monoisotopic (exact) mass is 347 g/mol. The fraction of sp³-hybridized carbons (Fsp3) is 0.188. The Kier molecular flexibility index (Phi) is 4.90. The van der Waals surface area contributed by atoms with Crippen LogP contribution in [0.25, 0.3) is 0 Å². The first-order valence-corrected chi connectivity index (χ1v) is 7.71. The van der Waals surface area contributed by atoms with E-state index in [1.54, 1.807) is 34.0 Å². The van der Waals surface area contributed by atoms with E-state index in [0.29, 0.717) is 23.8 Å². The molecule has 0 aliphatic heterocycles. The number of rotatable bonds is 6. The molecule has 0 spiro atoms. The predicted octanol–water partition coefficient (Wildman–Crippen LogP) is 2.95. The van der Waals surface area contributed by atoms with Crippen molar-refractivity contribution in [2.45, 2.75) is 19.5 Å². The van der Waals surface area contributed by atoms with Gasteiger partial charge in [0.15, 0.2) is 0 Å². The second-order valence-electron chi connectivity index (χ2n) is 5.28. The van der Waals surface area contributed by atoms with Gasteiger partial charge < -0.3 is 5.32 Å². The minimum absolute atomic E-state index is 0.146. The first kappa shape index (κ1) is 16.2. The molecule has 2 heterocycles. The lowest BCUT2D eigenvalue weighted by Gasteiger charge is -2.03. The summed E-state index contributed by atoms with van der Waals surface area (Å²) >= 11 is 5.77. The van der Waals surface area contributed by atoms with Crippen LogP contribution < -0.4 is 5.32 Å². The van der Waals surface area contributed by atoms with Crippen molar-refractivity contribution in [1.29, 1.82) is 0 Å². The summed E-state index contributed by atoms with van der Waals surface area (Å²) in [6, 6.07) is 6.32. The number of carbonyl (C=O) groups is 1. The van der Waals surface area contributed by atoms with Crippen LogP contribution in [0.4, 0.5) is 10.1 Å². The Bertz CT molecular complexity index is 844. The Morgan fingerprint density at radius 3 is 2.79 bits per heavy atom. The van der Waals surface area contributed by atoms with Gasteiger partial charge in [-0.3, -0.25) is 14.2 Å². The van der Waals surface area contributed by atoms with Crippen LogP contribution in [-0.2, 0) is 17.9 Å². The van der Waals surface area contributed by atoms with Crippen molar-refractivity contribution in [3.8, 4) is 0 Å². The van der Waals surface area contributed by atoms with Gasteiger partial charge in [0, 0.05) is 25.4 Å². The molecular weight excluding hydrogens is 333 g/mol. The van der Waals surface area contributed by atoms with Crippen molar-refractivity contribution in [2.24, 2.45) is 0 Å². The Balaban J connectivity index is 1.52. The average molecular weight is 348 g/mol. The fourth-order valence-corrected chi connectivity index (χ4v) is 2.39. The maximum Gasteiger partial charge on any atom is 0.226 e. The van der Waals surface area contributed by atoms with Crippen LogP contribution in [0.5, 0.6) is 0 Å². The largest absolute Gasteiger partial charge is 0.323 e. The third kappa shape index (κ3) is 4.42. The molecule has 1 amide bonds. The van der Waals surface area contributed by atoms with Crippen LogP contribution in [0.3, 0.4) is 0 Å². The van der Waals surface area contributed by atoms with E-state index in [0.717, 1.165) is 5.56 Å². The lowest BCUT2D eigenvalue weighted by atomic mass is 10.2. The number of hydrogen-bond donors (Lipinski definition) is 1. The number of aryl methyl sites for hydroxylation is 1. The molecule has 0 aliphatic carbocycles. The molecule has 2 aromatic heterocycles. The first-order chi connectivity index (χ1) is 11.6. The van der Waals surface area contributed by atoms with Gasteiger partial charge >= 0.3 is 0 Å². The number of aromatic nitrogens is 4. The van der Waals surface area contributed by atoms with Crippen LogP contribution in [0.15, 0.2) is 49.1 Å². The summed E-state index contributed by atoms with van der Waals surface area (Å²) in [5.41, 5.74) is 1.39. The molecule has 3 rings (SSSR count). The third-order valence-corrected chi connectivity index (χ3v) is 3.52. The van der Waals surface area contributed by atoms with E-state index in [2.05, 4.69) is 15.5 Å². The number of carbonyl (C=O) groups excluding carboxylic acids is 1. The molecule has 8 heteroatoms. The smallest absolute Gasteiger partial charge is 0.226 e. The SMILES string of the molecule is O=C(CCn1cc(Cl)cn1)Nc1cnn(Cc2cccc(F)c2)c1. The number of halogens is 2. The Morgan fingerprint density at radius 1 is 1.21 bits per heavy atom. The highest BCUT2D eigenvalue weighted by molar-refractivity contribution is 6.30. The molecule has 0 fully saturated rings. The highest BCUT2D eigenvalue weighted by Gasteiger charge is 2.06. The topological polar surface area (TPSA) is 64.7 Å². The second-order valence-corrected chi connectivity index (χ2v) is 5.71. The Hall–Kier alpha value is -2.67. The van der Waals surface area contributed by atoms with Crippen molar-refractivity contribution >= 4 is 23.2 Å². The number of benzene rings is 1. The van der Waals surface area contributed by atoms with Gasteiger partial charge in [0.05, 0.1) is 29.6 Å². The second kappa shape index (κ2) is 7.27. The van der Waals surface area contributed by atoms with Crippen LogP contribution >= 0.6 is 11.6 Å². The van der Waals surface area contributed by atoms with E-state index in [1.807, 2.05) is 6.07 Å². The zero-order valence-electron chi connectivity index (χ0n) is 12.7. The summed E-state index contributed by atoms with van der Waals surface area (Å²) in [7, 11) is 0. The van der Waals surface area contributed by atoms with Crippen LogP contribution in [0.1, 0.15) is 12.0 Å². The van der Waals surface area contributed by atoms with Gasteiger partial charge in [-0.15, -0.1) is 0 Å². The minimum Gasteiger partial charge on any atom is -0.323 e. The zero-order chi connectivity index (χ0) is 16.9. The molecule has 6 nitrogen and oxygen atoms in total. The average Bonchev–Trinajstić information content (AvgIpc) is 3.14. The van der Waals surface area contributed by atoms with E-state index >= 15 is 0 Å². The highest BCUT2D eigenvalue weighted by atomic mass is 35.5. The van der Waals surface area contributed by atoms with Gasteiger partial charge in [-0.1, -0.05) is 23.7 Å². The van der Waals surface area contributed by atoms with Crippen molar-refractivity contribution in [3.63, 3.8) is 0 Å². The summed E-state index contributed by atoms with van der Waals surface area (Å²) in [5, 5.41) is 11.5. The van der Waals surface area contributed by atoms with Crippen molar-refractivity contribution in [3.05, 3.63) is 65.5 Å². The maximum atomic E-state index is 13.2. The quantitative estimate of drug-likeness (QED) is 0.745. The molecule has 1 aromatic carbocycles. The molecular formula is C16H15ClFN5O. The van der Waals surface area contributed by atoms with Crippen LogP contribution in [-0.4, -0.2) is 25.5 Å². The van der Waals surface area contributed by atoms with E-state index in [1.165, 1.54) is 18.3 Å². The molecule has 24 heavy (non-hydrogen) atoms. The van der Waals surface area contributed by atoms with Gasteiger partial charge in [-0.05, 0) is 17.7 Å². The molecule has 1 N–H and O–H groups in total. The van der Waals surface area contributed by atoms with Gasteiger partial charge in [0.25, 0.3) is 0 Å². The van der Waals surface area contributed by atoms with E-state index < -0.39 is 0 Å². The Morgan fingerprint density at radius 2 is 2.04 bits per heavy atom. The predicted molar refractivity (Wildman–Crippen MR) is 88.2 cm³/mol. The number of nitrogens with zero attached hydrogens (tertiary/aromatic N) is 4. The number of nitrogens with one attached hydrogen (secondary N) is 1. The molecule has 3 aromatic rings. The molecule has 0 atom stereocenters. The van der Waals surface area contributed by atoms with Gasteiger partial charge in [-0.2, -0.15) is 10.2 Å². The fourth-order valence-electron chi connectivity index (χ4n) is 2.24. The Labute approximate surface area is 142 Å². The summed E-state index contributed by atoms with van der Waals surface area (Å²) in [4.78, 5) is 11.9. The van der Waals surface area contributed by atoms with E-state index in [9.17, 15) is 9.18 Å². The summed E-state index contributed by atoms with van der Waals surface area (Å²) < 4.78 is 16.4. The van der Waals surface area contributed by atoms with Gasteiger partial charge in [0.2, 0.25) is 5.91 Å². The van der Waals surface area contributed by atoms with Crippen molar-refractivity contribution in [1.82, 2.24) is 19.6 Å². The maximum absolute atomic E-state index is 13.2. The normalized spacial score (nSPS) is 10.8. The molecule has 0 unspecified atom stereocenters. The van der Waals surface area contributed by atoms with Crippen molar-refractivity contribution in [2.75, 3.05) is 5.32 Å². The van der Waals surface area contributed by atoms with Crippen molar-refractivity contribution < 1.29 is 9.18 Å². The van der Waals surface area contributed by atoms with Gasteiger partial charge in [-0.25, -0.2) is 4.39 Å². The van der Waals surface area contributed by atoms with E-state index in [4.69, 9.17) is 11.6 Å². The number of anilines is 1. The highest BCUT2D eigenvalue weighted by Crippen LogP contribution is 2.10. The minimum atomic E-state index is -0.285. The molecule has 0 bridgehead atoms. The first-order valence-electron chi connectivity index (χ1n) is 7.33. The van der Waals surface area contributed by atoms with E-state index in [-0.39, 0.29) is 18.1 Å². The summed E-state index contributed by atoms with van der Waals surface area (Å²) in [6.45, 7) is 0.870. The molecule has 0 saturated carbocycles. The van der Waals surface area contributed by atoms with Crippen LogP contribution in [0.2, 0.25) is 5.02 Å². The van der Waals surface area contributed by atoms with Crippen LogP contribution in [0, 0.1) is 5.82 Å². The molecule has 0 radical (unpaired) electrons. The summed E-state index contributed by atoms with van der Waals surface area (Å²) in [6.07, 6.45) is 6.71. The molecule has 0 saturated heterocycles.